The Balaban J connectivity index is 1.48. The van der Waals surface area contributed by atoms with Gasteiger partial charge in [0.05, 0.1) is 28.7 Å². The monoisotopic (exact) mass is 471 g/mol. The lowest BCUT2D eigenvalue weighted by atomic mass is 9.78. The summed E-state index contributed by atoms with van der Waals surface area (Å²) in [5.74, 6) is -1.09. The minimum atomic E-state index is -4.66. The average Bonchev–Trinajstić information content (AvgIpc) is 3.29. The fourth-order valence-corrected chi connectivity index (χ4v) is 5.08. The summed E-state index contributed by atoms with van der Waals surface area (Å²) in [4.78, 5) is 32.4. The van der Waals surface area contributed by atoms with Gasteiger partial charge >= 0.3 is 6.18 Å². The van der Waals surface area contributed by atoms with E-state index in [1.165, 1.54) is 12.3 Å². The maximum absolute atomic E-state index is 13.4. The number of hydrogen-bond donors (Lipinski definition) is 1. The molecule has 178 valence electrons. The van der Waals surface area contributed by atoms with Gasteiger partial charge in [-0.2, -0.15) is 18.4 Å². The van der Waals surface area contributed by atoms with Gasteiger partial charge in [0.1, 0.15) is 0 Å². The van der Waals surface area contributed by atoms with Crippen molar-refractivity contribution in [1.82, 2.24) is 9.88 Å². The Kier molecular flexibility index (Phi) is 6.46. The van der Waals surface area contributed by atoms with Crippen LogP contribution in [-0.2, 0) is 11.0 Å². The topological polar surface area (TPSA) is 103 Å². The SMILES string of the molecule is N#Cc1ccc(N2C[C@@H](C(N)=O)[C@H](C3CCN(C(=O)c4cccnc4)CC3)C2)cc1C(F)(F)F. The molecule has 0 saturated carbocycles. The molecule has 10 heteroatoms. The van der Waals surface area contributed by atoms with Crippen LogP contribution in [-0.4, -0.2) is 47.9 Å². The standard InChI is InChI=1S/C24H24F3N5O2/c25-24(26,27)21-10-18(4-3-16(21)11-28)32-13-19(20(14-32)22(29)33)15-5-8-31(9-6-15)23(34)17-2-1-7-30-12-17/h1-4,7,10,12,15,19-20H,5-6,8-9,13-14H2,(H2,29,33)/t19-,20+/m0/s1. The normalized spacial score (nSPS) is 21.4. The van der Waals surface area contributed by atoms with E-state index >= 15 is 0 Å². The third kappa shape index (κ3) is 4.69. The van der Waals surface area contributed by atoms with Crippen LogP contribution in [0.3, 0.4) is 0 Å². The number of nitrogens with zero attached hydrogens (tertiary/aromatic N) is 4. The lowest BCUT2D eigenvalue weighted by Gasteiger charge is -2.36. The number of anilines is 1. The van der Waals surface area contributed by atoms with Crippen molar-refractivity contribution in [3.05, 3.63) is 59.4 Å². The van der Waals surface area contributed by atoms with Gasteiger partial charge in [-0.25, -0.2) is 0 Å². The number of primary amides is 1. The van der Waals surface area contributed by atoms with Crippen LogP contribution >= 0.6 is 0 Å². The molecule has 2 amide bonds. The van der Waals surface area contributed by atoms with Crippen molar-refractivity contribution in [2.45, 2.75) is 19.0 Å². The van der Waals surface area contributed by atoms with Crippen LogP contribution < -0.4 is 10.6 Å². The number of alkyl halides is 3. The number of rotatable bonds is 4. The predicted molar refractivity (Wildman–Crippen MR) is 117 cm³/mol. The van der Waals surface area contributed by atoms with Crippen molar-refractivity contribution in [2.75, 3.05) is 31.1 Å². The van der Waals surface area contributed by atoms with Crippen LogP contribution in [0.1, 0.15) is 34.3 Å². The molecule has 2 N–H and O–H groups in total. The molecular formula is C24H24F3N5O2. The molecule has 0 radical (unpaired) electrons. The first kappa shape index (κ1) is 23.5. The number of pyridine rings is 1. The van der Waals surface area contributed by atoms with Gasteiger partial charge < -0.3 is 15.5 Å². The number of nitrogens with two attached hydrogens (primary N) is 1. The third-order valence-electron chi connectivity index (χ3n) is 6.87. The summed E-state index contributed by atoms with van der Waals surface area (Å²) in [6, 6.07) is 8.61. The Morgan fingerprint density at radius 2 is 1.88 bits per heavy atom. The molecule has 0 spiro atoms. The Hall–Kier alpha value is -3.61. The van der Waals surface area contributed by atoms with E-state index in [-0.39, 0.29) is 24.3 Å². The van der Waals surface area contributed by atoms with Crippen molar-refractivity contribution in [1.29, 1.82) is 5.26 Å². The molecular weight excluding hydrogens is 447 g/mol. The van der Waals surface area contributed by atoms with Crippen molar-refractivity contribution in [3.8, 4) is 6.07 Å². The minimum absolute atomic E-state index is 0.0942. The maximum atomic E-state index is 13.4. The van der Waals surface area contributed by atoms with Crippen molar-refractivity contribution in [2.24, 2.45) is 23.5 Å². The zero-order valence-electron chi connectivity index (χ0n) is 18.3. The highest BCUT2D eigenvalue weighted by Gasteiger charge is 2.43. The van der Waals surface area contributed by atoms with E-state index in [1.54, 1.807) is 34.2 Å². The highest BCUT2D eigenvalue weighted by molar-refractivity contribution is 5.93. The predicted octanol–water partition coefficient (Wildman–Crippen LogP) is 3.06. The molecule has 2 atom stereocenters. The molecule has 2 saturated heterocycles. The minimum Gasteiger partial charge on any atom is -0.370 e. The molecule has 1 aromatic carbocycles. The first-order valence-electron chi connectivity index (χ1n) is 11.0. The smallest absolute Gasteiger partial charge is 0.370 e. The van der Waals surface area contributed by atoms with Crippen LogP contribution in [0.5, 0.6) is 0 Å². The van der Waals surface area contributed by atoms with E-state index in [1.807, 2.05) is 0 Å². The summed E-state index contributed by atoms with van der Waals surface area (Å²) in [5, 5.41) is 9.04. The maximum Gasteiger partial charge on any atom is 0.417 e. The van der Waals surface area contributed by atoms with E-state index in [9.17, 15) is 22.8 Å². The number of nitriles is 1. The van der Waals surface area contributed by atoms with Crippen molar-refractivity contribution in [3.63, 3.8) is 0 Å². The largest absolute Gasteiger partial charge is 0.417 e. The van der Waals surface area contributed by atoms with Gasteiger partial charge in [0, 0.05) is 44.3 Å². The van der Waals surface area contributed by atoms with E-state index in [4.69, 9.17) is 11.0 Å². The molecule has 7 nitrogen and oxygen atoms in total. The number of amides is 2. The van der Waals surface area contributed by atoms with E-state index in [0.717, 1.165) is 12.1 Å². The van der Waals surface area contributed by atoms with Gasteiger partial charge in [-0.05, 0) is 55.0 Å². The Morgan fingerprint density at radius 3 is 2.47 bits per heavy atom. The summed E-state index contributed by atoms with van der Waals surface area (Å²) < 4.78 is 40.3. The second-order valence-electron chi connectivity index (χ2n) is 8.79. The molecule has 0 bridgehead atoms. The summed E-state index contributed by atoms with van der Waals surface area (Å²) >= 11 is 0. The highest BCUT2D eigenvalue weighted by atomic mass is 19.4. The Labute approximate surface area is 195 Å². The van der Waals surface area contributed by atoms with Crippen molar-refractivity contribution < 1.29 is 22.8 Å². The number of likely N-dealkylation sites (tertiary alicyclic amines) is 1. The van der Waals surface area contributed by atoms with E-state index in [2.05, 4.69) is 4.98 Å². The lowest BCUT2D eigenvalue weighted by molar-refractivity contribution is -0.137. The first-order chi connectivity index (χ1) is 16.2. The zero-order valence-corrected chi connectivity index (χ0v) is 18.3. The van der Waals surface area contributed by atoms with Crippen LogP contribution in [0.4, 0.5) is 18.9 Å². The number of aromatic nitrogens is 1. The van der Waals surface area contributed by atoms with Gasteiger partial charge in [-0.1, -0.05) is 0 Å². The molecule has 0 unspecified atom stereocenters. The molecule has 0 aliphatic carbocycles. The van der Waals surface area contributed by atoms with Gasteiger partial charge in [0.2, 0.25) is 5.91 Å². The molecule has 4 rings (SSSR count). The number of hydrogen-bond acceptors (Lipinski definition) is 5. The molecule has 2 aliphatic heterocycles. The number of carbonyl (C=O) groups excluding carboxylic acids is 2. The number of carbonyl (C=O) groups is 2. The van der Waals surface area contributed by atoms with Gasteiger partial charge in [0.15, 0.2) is 0 Å². The van der Waals surface area contributed by atoms with Crippen LogP contribution in [0.25, 0.3) is 0 Å². The first-order valence-corrected chi connectivity index (χ1v) is 11.0. The molecule has 2 fully saturated rings. The third-order valence-corrected chi connectivity index (χ3v) is 6.87. The van der Waals surface area contributed by atoms with Crippen LogP contribution in [0.15, 0.2) is 42.7 Å². The fourth-order valence-electron chi connectivity index (χ4n) is 5.08. The fraction of sp³-hybridized carbons (Fsp3) is 0.417. The quantitative estimate of drug-likeness (QED) is 0.738. The van der Waals surface area contributed by atoms with Crippen molar-refractivity contribution >= 4 is 17.5 Å². The second-order valence-corrected chi connectivity index (χ2v) is 8.79. The molecule has 3 heterocycles. The number of benzene rings is 1. The zero-order chi connectivity index (χ0) is 24.5. The highest BCUT2D eigenvalue weighted by Crippen LogP contribution is 2.40. The molecule has 34 heavy (non-hydrogen) atoms. The summed E-state index contributed by atoms with van der Waals surface area (Å²) in [6.07, 6.45) is -0.175. The second kappa shape index (κ2) is 9.33. The van der Waals surface area contributed by atoms with Crippen LogP contribution in [0, 0.1) is 29.1 Å². The Bertz CT molecular complexity index is 1110. The van der Waals surface area contributed by atoms with Gasteiger partial charge in [0.25, 0.3) is 5.91 Å². The number of piperidine rings is 1. The van der Waals surface area contributed by atoms with Gasteiger partial charge in [-0.3, -0.25) is 14.6 Å². The van der Waals surface area contributed by atoms with Gasteiger partial charge in [-0.15, -0.1) is 0 Å². The molecule has 2 aromatic rings. The number of halogens is 3. The molecule has 1 aromatic heterocycles. The summed E-state index contributed by atoms with van der Waals surface area (Å²) in [5.41, 5.74) is 5.07. The summed E-state index contributed by atoms with van der Waals surface area (Å²) in [7, 11) is 0. The van der Waals surface area contributed by atoms with E-state index < -0.39 is 29.1 Å². The van der Waals surface area contributed by atoms with E-state index in [0.29, 0.717) is 43.7 Å². The Morgan fingerprint density at radius 1 is 1.15 bits per heavy atom. The molecule has 2 aliphatic rings. The average molecular weight is 471 g/mol. The lowest BCUT2D eigenvalue weighted by Crippen LogP contribution is -2.42. The van der Waals surface area contributed by atoms with Crippen LogP contribution in [0.2, 0.25) is 0 Å². The summed E-state index contributed by atoms with van der Waals surface area (Å²) in [6.45, 7) is 1.65.